The van der Waals surface area contributed by atoms with Gasteiger partial charge in [-0.2, -0.15) is 0 Å². The fraction of sp³-hybridized carbons (Fsp3) is 0.571. The predicted molar refractivity (Wildman–Crippen MR) is 80.4 cm³/mol. The highest BCUT2D eigenvalue weighted by molar-refractivity contribution is 7.95. The zero-order chi connectivity index (χ0) is 14.8. The summed E-state index contributed by atoms with van der Waals surface area (Å²) in [4.78, 5) is 0.688. The Morgan fingerprint density at radius 1 is 1.15 bits per heavy atom. The maximum Gasteiger partial charge on any atom is 0.349 e. The lowest BCUT2D eigenvalue weighted by atomic mass is 10.2. The van der Waals surface area contributed by atoms with Gasteiger partial charge in [-0.15, -0.1) is 0 Å². The lowest BCUT2D eigenvalue weighted by Crippen LogP contribution is -2.21. The molecular weight excluding hydrogens is 295 g/mol. The molecule has 0 spiro atoms. The van der Waals surface area contributed by atoms with E-state index in [0.29, 0.717) is 31.0 Å². The molecule has 0 saturated heterocycles. The van der Waals surface area contributed by atoms with Crippen molar-refractivity contribution in [2.75, 3.05) is 13.2 Å². The molecule has 0 N–H and O–H groups in total. The standard InChI is InChI=1S/C14H21O4PS/c1-4-17-19(15,18-5-2)14(10-11-14)20(16)13-8-6-12(3)7-9-13/h6-9H,4-5,10-11H2,1-3H3/t20-/m0/s1. The van der Waals surface area contributed by atoms with Crippen molar-refractivity contribution < 1.29 is 17.8 Å². The van der Waals surface area contributed by atoms with Gasteiger partial charge in [0.15, 0.2) is 4.49 Å². The molecule has 0 heterocycles. The molecule has 1 saturated carbocycles. The number of aryl methyl sites for hydroxylation is 1. The first-order chi connectivity index (χ1) is 9.49. The second-order valence-corrected chi connectivity index (χ2v) is 9.32. The molecule has 1 aliphatic rings. The Hall–Kier alpha value is -0.480. The fourth-order valence-electron chi connectivity index (χ4n) is 2.16. The zero-order valence-electron chi connectivity index (χ0n) is 12.1. The van der Waals surface area contributed by atoms with E-state index in [2.05, 4.69) is 0 Å². The van der Waals surface area contributed by atoms with E-state index < -0.39 is 22.9 Å². The van der Waals surface area contributed by atoms with Crippen LogP contribution >= 0.6 is 7.60 Å². The van der Waals surface area contributed by atoms with Crippen LogP contribution < -0.4 is 0 Å². The maximum absolute atomic E-state index is 12.9. The van der Waals surface area contributed by atoms with E-state index in [4.69, 9.17) is 9.05 Å². The van der Waals surface area contributed by atoms with Gasteiger partial charge >= 0.3 is 7.60 Å². The second kappa shape index (κ2) is 6.10. The molecule has 1 aliphatic carbocycles. The van der Waals surface area contributed by atoms with Crippen LogP contribution in [0.25, 0.3) is 0 Å². The monoisotopic (exact) mass is 316 g/mol. The summed E-state index contributed by atoms with van der Waals surface area (Å²) in [5, 5.41) is 0. The van der Waals surface area contributed by atoms with Gasteiger partial charge in [-0.05, 0) is 45.7 Å². The van der Waals surface area contributed by atoms with Crippen molar-refractivity contribution in [3.63, 3.8) is 0 Å². The normalized spacial score (nSPS) is 18.8. The van der Waals surface area contributed by atoms with Crippen molar-refractivity contribution in [3.05, 3.63) is 29.8 Å². The van der Waals surface area contributed by atoms with Gasteiger partial charge in [0.25, 0.3) is 0 Å². The topological polar surface area (TPSA) is 52.6 Å². The predicted octanol–water partition coefficient (Wildman–Crippen LogP) is 3.86. The summed E-state index contributed by atoms with van der Waals surface area (Å²) in [7, 11) is -4.72. The number of rotatable bonds is 7. The lowest BCUT2D eigenvalue weighted by molar-refractivity contribution is 0.216. The summed E-state index contributed by atoms with van der Waals surface area (Å²) in [6.07, 6.45) is 1.23. The minimum Gasteiger partial charge on any atom is -0.308 e. The van der Waals surface area contributed by atoms with Crippen molar-refractivity contribution in [2.24, 2.45) is 0 Å². The molecule has 1 fully saturated rings. The summed E-state index contributed by atoms with van der Waals surface area (Å²) in [5.41, 5.74) is 1.10. The SMILES string of the molecule is CCOP(=O)(OCC)C1([S@@](=O)c2ccc(C)cc2)CC1. The Labute approximate surface area is 122 Å². The Balaban J connectivity index is 2.31. The number of hydrogen-bond acceptors (Lipinski definition) is 4. The first-order valence-corrected chi connectivity index (χ1v) is 9.56. The fourth-order valence-corrected chi connectivity index (χ4v) is 6.79. The third-order valence-electron chi connectivity index (χ3n) is 3.36. The van der Waals surface area contributed by atoms with Gasteiger partial charge in [0, 0.05) is 4.90 Å². The van der Waals surface area contributed by atoms with Crippen molar-refractivity contribution in [2.45, 2.75) is 43.0 Å². The average molecular weight is 316 g/mol. The van der Waals surface area contributed by atoms with E-state index in [1.807, 2.05) is 31.2 Å². The van der Waals surface area contributed by atoms with Crippen LogP contribution in [-0.2, 0) is 24.4 Å². The minimum atomic E-state index is -3.34. The summed E-state index contributed by atoms with van der Waals surface area (Å²) < 4.78 is 35.7. The maximum atomic E-state index is 12.9. The van der Waals surface area contributed by atoms with Crippen LogP contribution in [0.4, 0.5) is 0 Å². The molecule has 2 rings (SSSR count). The summed E-state index contributed by atoms with van der Waals surface area (Å²) >= 11 is 0. The molecular formula is C14H21O4PS. The largest absolute Gasteiger partial charge is 0.349 e. The Morgan fingerprint density at radius 2 is 1.65 bits per heavy atom. The molecule has 0 bridgehead atoms. The second-order valence-electron chi connectivity index (χ2n) is 4.86. The summed E-state index contributed by atoms with van der Waals surface area (Å²) in [6, 6.07) is 7.48. The van der Waals surface area contributed by atoms with E-state index in [9.17, 15) is 8.77 Å². The van der Waals surface area contributed by atoms with Crippen LogP contribution in [-0.4, -0.2) is 21.9 Å². The van der Waals surface area contributed by atoms with E-state index >= 15 is 0 Å². The molecule has 112 valence electrons. The summed E-state index contributed by atoms with van der Waals surface area (Å²) in [5.74, 6) is 0. The van der Waals surface area contributed by atoms with Crippen LogP contribution in [0.5, 0.6) is 0 Å². The van der Waals surface area contributed by atoms with Gasteiger partial charge in [-0.1, -0.05) is 17.7 Å². The average Bonchev–Trinajstić information content (AvgIpc) is 3.21. The Bertz CT molecular complexity index is 527. The van der Waals surface area contributed by atoms with Gasteiger partial charge in [0.1, 0.15) is 0 Å². The molecule has 4 nitrogen and oxygen atoms in total. The third kappa shape index (κ3) is 2.77. The highest BCUT2D eigenvalue weighted by Gasteiger charge is 2.65. The van der Waals surface area contributed by atoms with Crippen LogP contribution in [0.1, 0.15) is 32.3 Å². The number of hydrogen-bond donors (Lipinski definition) is 0. The van der Waals surface area contributed by atoms with E-state index in [1.54, 1.807) is 13.8 Å². The van der Waals surface area contributed by atoms with Crippen LogP contribution in [0.3, 0.4) is 0 Å². The smallest absolute Gasteiger partial charge is 0.308 e. The lowest BCUT2D eigenvalue weighted by Gasteiger charge is -2.25. The van der Waals surface area contributed by atoms with Crippen molar-refractivity contribution in [3.8, 4) is 0 Å². The van der Waals surface area contributed by atoms with Gasteiger partial charge in [0.05, 0.1) is 24.0 Å². The number of benzene rings is 1. The molecule has 1 aromatic rings. The third-order valence-corrected chi connectivity index (χ3v) is 8.96. The van der Waals surface area contributed by atoms with Gasteiger partial charge in [-0.25, -0.2) is 0 Å². The van der Waals surface area contributed by atoms with Crippen LogP contribution in [0.2, 0.25) is 0 Å². The Morgan fingerprint density at radius 3 is 2.05 bits per heavy atom. The molecule has 6 heteroatoms. The van der Waals surface area contributed by atoms with E-state index in [0.717, 1.165) is 5.56 Å². The molecule has 1 atom stereocenters. The molecule has 0 aliphatic heterocycles. The molecule has 0 unspecified atom stereocenters. The Kier molecular flexibility index (Phi) is 4.85. The highest BCUT2D eigenvalue weighted by Crippen LogP contribution is 2.73. The first kappa shape index (κ1) is 15.9. The molecule has 20 heavy (non-hydrogen) atoms. The molecule has 0 amide bonds. The minimum absolute atomic E-state index is 0.296. The van der Waals surface area contributed by atoms with Crippen molar-refractivity contribution in [1.82, 2.24) is 0 Å². The molecule has 0 aromatic heterocycles. The van der Waals surface area contributed by atoms with E-state index in [-0.39, 0.29) is 0 Å². The zero-order valence-corrected chi connectivity index (χ0v) is 13.8. The quantitative estimate of drug-likeness (QED) is 0.717. The van der Waals surface area contributed by atoms with Gasteiger partial charge in [0.2, 0.25) is 0 Å². The van der Waals surface area contributed by atoms with Crippen molar-refractivity contribution >= 4 is 18.4 Å². The van der Waals surface area contributed by atoms with Gasteiger partial charge < -0.3 is 9.05 Å². The van der Waals surface area contributed by atoms with Crippen molar-refractivity contribution in [1.29, 1.82) is 0 Å². The van der Waals surface area contributed by atoms with Gasteiger partial charge in [-0.3, -0.25) is 8.77 Å². The molecule has 0 radical (unpaired) electrons. The van der Waals surface area contributed by atoms with E-state index in [1.165, 1.54) is 0 Å². The highest BCUT2D eigenvalue weighted by atomic mass is 32.2. The summed E-state index contributed by atoms with van der Waals surface area (Å²) in [6.45, 7) is 6.12. The first-order valence-electron chi connectivity index (χ1n) is 6.87. The molecule has 1 aromatic carbocycles. The van der Waals surface area contributed by atoms with Crippen LogP contribution in [0, 0.1) is 6.92 Å². The van der Waals surface area contributed by atoms with Crippen LogP contribution in [0.15, 0.2) is 29.2 Å².